The number of ether oxygens (including phenoxy) is 2. The Morgan fingerprint density at radius 1 is 1.35 bits per heavy atom. The highest BCUT2D eigenvalue weighted by molar-refractivity contribution is 7.91. The fraction of sp³-hybridized carbons (Fsp3) is 0.611. The molecule has 2 atom stereocenters. The smallest absolute Gasteiger partial charge is 0.234 e. The quantitative estimate of drug-likeness (QED) is 0.785. The van der Waals surface area contributed by atoms with Gasteiger partial charge in [-0.25, -0.2) is 8.42 Å². The molecule has 2 aliphatic rings. The summed E-state index contributed by atoms with van der Waals surface area (Å²) in [5.41, 5.74) is -0.668. The van der Waals surface area contributed by atoms with Gasteiger partial charge in [0.2, 0.25) is 5.91 Å². The van der Waals surface area contributed by atoms with E-state index in [0.29, 0.717) is 31.9 Å². The highest BCUT2D eigenvalue weighted by Gasteiger charge is 2.39. The third kappa shape index (κ3) is 4.67. The van der Waals surface area contributed by atoms with Gasteiger partial charge in [-0.3, -0.25) is 9.69 Å². The number of rotatable bonds is 6. The fourth-order valence-corrected chi connectivity index (χ4v) is 5.53. The second-order valence-electron chi connectivity index (χ2n) is 7.28. The number of para-hydroxylation sites is 2. The molecule has 2 aliphatic heterocycles. The van der Waals surface area contributed by atoms with E-state index >= 15 is 0 Å². The van der Waals surface area contributed by atoms with E-state index in [1.165, 1.54) is 0 Å². The van der Waals surface area contributed by atoms with Crippen LogP contribution in [-0.2, 0) is 14.6 Å². The predicted octanol–water partition coefficient (Wildman–Crippen LogP) is 0.842. The van der Waals surface area contributed by atoms with Crippen LogP contribution in [0.4, 0.5) is 0 Å². The largest absolute Gasteiger partial charge is 0.486 e. The van der Waals surface area contributed by atoms with Crippen molar-refractivity contribution in [3.63, 3.8) is 0 Å². The van der Waals surface area contributed by atoms with E-state index < -0.39 is 15.4 Å². The molecule has 0 aliphatic carbocycles. The van der Waals surface area contributed by atoms with Crippen molar-refractivity contribution < 1.29 is 22.7 Å². The number of carbonyl (C=O) groups excluding carboxylic acids is 1. The summed E-state index contributed by atoms with van der Waals surface area (Å²) in [5.74, 6) is 1.43. The molecule has 0 aromatic heterocycles. The molecule has 1 N–H and O–H groups in total. The van der Waals surface area contributed by atoms with Crippen molar-refractivity contribution in [1.82, 2.24) is 10.2 Å². The number of nitrogens with zero attached hydrogens (tertiary/aromatic N) is 1. The number of amides is 1. The zero-order valence-corrected chi connectivity index (χ0v) is 16.0. The SMILES string of the molecule is CCN(CC(=O)NC1(C)CCS(=O)(=O)C1)CC1COc2ccccc2O1. The van der Waals surface area contributed by atoms with Gasteiger partial charge in [0.15, 0.2) is 21.3 Å². The predicted molar refractivity (Wildman–Crippen MR) is 98.3 cm³/mol. The van der Waals surface area contributed by atoms with Crippen LogP contribution in [0.1, 0.15) is 20.3 Å². The molecule has 0 bridgehead atoms. The summed E-state index contributed by atoms with van der Waals surface area (Å²) >= 11 is 0. The molecule has 2 unspecified atom stereocenters. The number of hydrogen-bond donors (Lipinski definition) is 1. The Bertz CT molecular complexity index is 767. The average Bonchev–Trinajstić information content (AvgIpc) is 2.86. The molecular formula is C18H26N2O5S. The Kier molecular flexibility index (Phi) is 5.43. The Morgan fingerprint density at radius 3 is 2.73 bits per heavy atom. The van der Waals surface area contributed by atoms with Gasteiger partial charge in [0.25, 0.3) is 0 Å². The van der Waals surface area contributed by atoms with Gasteiger partial charge in [-0.05, 0) is 32.0 Å². The van der Waals surface area contributed by atoms with E-state index in [1.54, 1.807) is 6.92 Å². The molecule has 0 spiro atoms. The number of carbonyl (C=O) groups is 1. The summed E-state index contributed by atoms with van der Waals surface area (Å²) in [4.78, 5) is 14.4. The topological polar surface area (TPSA) is 84.9 Å². The minimum atomic E-state index is -3.05. The van der Waals surface area contributed by atoms with E-state index in [-0.39, 0.29) is 30.1 Å². The number of likely N-dealkylation sites (N-methyl/N-ethyl adjacent to an activating group) is 1. The lowest BCUT2D eigenvalue weighted by atomic mass is 10.0. The summed E-state index contributed by atoms with van der Waals surface area (Å²) in [6.45, 7) is 5.66. The van der Waals surface area contributed by atoms with Gasteiger partial charge in [0.05, 0.1) is 23.6 Å². The van der Waals surface area contributed by atoms with Crippen LogP contribution in [0.2, 0.25) is 0 Å². The summed E-state index contributed by atoms with van der Waals surface area (Å²) < 4.78 is 35.0. The van der Waals surface area contributed by atoms with Crippen LogP contribution in [0.25, 0.3) is 0 Å². The Labute approximate surface area is 154 Å². The zero-order valence-electron chi connectivity index (χ0n) is 15.2. The first-order valence-corrected chi connectivity index (χ1v) is 10.7. The highest BCUT2D eigenvalue weighted by Crippen LogP contribution is 2.31. The molecule has 144 valence electrons. The molecule has 2 heterocycles. The van der Waals surface area contributed by atoms with Gasteiger partial charge >= 0.3 is 0 Å². The van der Waals surface area contributed by atoms with E-state index in [9.17, 15) is 13.2 Å². The van der Waals surface area contributed by atoms with Crippen molar-refractivity contribution in [1.29, 1.82) is 0 Å². The maximum absolute atomic E-state index is 12.4. The first-order valence-electron chi connectivity index (χ1n) is 8.91. The van der Waals surface area contributed by atoms with Crippen LogP contribution in [-0.4, -0.2) is 68.6 Å². The molecule has 1 aromatic rings. The lowest BCUT2D eigenvalue weighted by Crippen LogP contribution is -2.51. The van der Waals surface area contributed by atoms with Crippen molar-refractivity contribution in [3.8, 4) is 11.5 Å². The Balaban J connectivity index is 1.53. The summed E-state index contributed by atoms with van der Waals surface area (Å²) in [6.07, 6.45) is 0.309. The lowest BCUT2D eigenvalue weighted by Gasteiger charge is -2.31. The maximum atomic E-state index is 12.4. The van der Waals surface area contributed by atoms with E-state index in [1.807, 2.05) is 36.1 Å². The molecule has 0 radical (unpaired) electrons. The van der Waals surface area contributed by atoms with Gasteiger partial charge in [0, 0.05) is 6.54 Å². The number of fused-ring (bicyclic) bond motifs is 1. The second-order valence-corrected chi connectivity index (χ2v) is 9.46. The van der Waals surface area contributed by atoms with E-state index in [0.717, 1.165) is 5.75 Å². The molecule has 7 nitrogen and oxygen atoms in total. The lowest BCUT2D eigenvalue weighted by molar-refractivity contribution is -0.124. The summed E-state index contributed by atoms with van der Waals surface area (Å²) in [7, 11) is -3.05. The highest BCUT2D eigenvalue weighted by atomic mass is 32.2. The van der Waals surface area contributed by atoms with Crippen molar-refractivity contribution in [3.05, 3.63) is 24.3 Å². The van der Waals surface area contributed by atoms with Crippen molar-refractivity contribution in [2.45, 2.75) is 31.9 Å². The first-order chi connectivity index (χ1) is 12.3. The third-order valence-corrected chi connectivity index (χ3v) is 6.69. The van der Waals surface area contributed by atoms with Crippen LogP contribution < -0.4 is 14.8 Å². The van der Waals surface area contributed by atoms with E-state index in [2.05, 4.69) is 5.32 Å². The standard InChI is InChI=1S/C18H26N2O5S/c1-3-20(10-14-12-24-15-6-4-5-7-16(15)25-14)11-17(21)19-18(2)8-9-26(22,23)13-18/h4-7,14H,3,8-13H2,1-2H3,(H,19,21). The normalized spacial score (nSPS) is 26.7. The molecule has 1 amide bonds. The molecule has 0 saturated carbocycles. The second kappa shape index (κ2) is 7.44. The van der Waals surface area contributed by atoms with Crippen LogP contribution >= 0.6 is 0 Å². The van der Waals surface area contributed by atoms with Crippen LogP contribution in [0.5, 0.6) is 11.5 Å². The van der Waals surface area contributed by atoms with Crippen LogP contribution in [0.15, 0.2) is 24.3 Å². The van der Waals surface area contributed by atoms with Gasteiger partial charge in [-0.15, -0.1) is 0 Å². The summed E-state index contributed by atoms with van der Waals surface area (Å²) in [5, 5.41) is 2.90. The van der Waals surface area contributed by atoms with Gasteiger partial charge in [-0.1, -0.05) is 19.1 Å². The van der Waals surface area contributed by atoms with Crippen LogP contribution in [0, 0.1) is 0 Å². The molecule has 1 saturated heterocycles. The number of benzene rings is 1. The zero-order chi connectivity index (χ0) is 18.8. The molecule has 1 aromatic carbocycles. The minimum Gasteiger partial charge on any atom is -0.486 e. The fourth-order valence-electron chi connectivity index (χ4n) is 3.43. The van der Waals surface area contributed by atoms with Crippen LogP contribution in [0.3, 0.4) is 0 Å². The number of sulfone groups is 1. The van der Waals surface area contributed by atoms with Crippen molar-refractivity contribution in [2.75, 3.05) is 37.7 Å². The molecule has 26 heavy (non-hydrogen) atoms. The number of hydrogen-bond acceptors (Lipinski definition) is 6. The van der Waals surface area contributed by atoms with Gasteiger partial charge in [-0.2, -0.15) is 0 Å². The minimum absolute atomic E-state index is 0.00816. The molecular weight excluding hydrogens is 356 g/mol. The molecule has 1 fully saturated rings. The van der Waals surface area contributed by atoms with Gasteiger partial charge < -0.3 is 14.8 Å². The first kappa shape index (κ1) is 19.0. The maximum Gasteiger partial charge on any atom is 0.234 e. The Hall–Kier alpha value is -1.80. The van der Waals surface area contributed by atoms with Crippen molar-refractivity contribution >= 4 is 15.7 Å². The molecule has 3 rings (SSSR count). The van der Waals surface area contributed by atoms with E-state index in [4.69, 9.17) is 9.47 Å². The average molecular weight is 382 g/mol. The summed E-state index contributed by atoms with van der Waals surface area (Å²) in [6, 6.07) is 7.53. The Morgan fingerprint density at radius 2 is 2.08 bits per heavy atom. The third-order valence-electron chi connectivity index (χ3n) is 4.79. The molecule has 8 heteroatoms. The van der Waals surface area contributed by atoms with Crippen molar-refractivity contribution in [2.24, 2.45) is 0 Å². The van der Waals surface area contributed by atoms with Gasteiger partial charge in [0.1, 0.15) is 12.7 Å². The number of nitrogens with one attached hydrogen (secondary N) is 1. The monoisotopic (exact) mass is 382 g/mol.